The first-order chi connectivity index (χ1) is 12.6. The van der Waals surface area contributed by atoms with Gasteiger partial charge in [-0.15, -0.1) is 0 Å². The number of hydrogen-bond donors (Lipinski definition) is 1. The maximum atomic E-state index is 12.3. The normalized spacial score (nSPS) is 11.2. The van der Waals surface area contributed by atoms with Crippen LogP contribution in [0.25, 0.3) is 22.0 Å². The van der Waals surface area contributed by atoms with Crippen LogP contribution in [0.5, 0.6) is 0 Å². The van der Waals surface area contributed by atoms with Gasteiger partial charge in [0.2, 0.25) is 5.71 Å². The molecule has 0 saturated carbocycles. The van der Waals surface area contributed by atoms with Gasteiger partial charge < -0.3 is 9.73 Å². The van der Waals surface area contributed by atoms with Gasteiger partial charge in [-0.2, -0.15) is 0 Å². The van der Waals surface area contributed by atoms with E-state index < -0.39 is 0 Å². The topological polar surface area (TPSA) is 55.1 Å². The van der Waals surface area contributed by atoms with E-state index in [2.05, 4.69) is 10.3 Å². The van der Waals surface area contributed by atoms with Gasteiger partial charge in [0.15, 0.2) is 5.76 Å². The smallest absolute Gasteiger partial charge is 0.287 e. The van der Waals surface area contributed by atoms with E-state index in [0.29, 0.717) is 28.7 Å². The fourth-order valence-electron chi connectivity index (χ4n) is 2.77. The van der Waals surface area contributed by atoms with Crippen molar-refractivity contribution >= 4 is 51.1 Å². The number of amides is 1. The molecule has 4 aromatic rings. The molecule has 26 heavy (non-hydrogen) atoms. The van der Waals surface area contributed by atoms with E-state index in [4.69, 9.17) is 27.6 Å². The molecule has 0 saturated heterocycles. The van der Waals surface area contributed by atoms with Crippen molar-refractivity contribution in [3.63, 3.8) is 0 Å². The molecule has 0 spiro atoms. The average molecular weight is 385 g/mol. The van der Waals surface area contributed by atoms with Gasteiger partial charge >= 0.3 is 0 Å². The van der Waals surface area contributed by atoms with E-state index in [1.807, 2.05) is 42.5 Å². The molecule has 2 heterocycles. The summed E-state index contributed by atoms with van der Waals surface area (Å²) < 4.78 is 5.61. The third-order valence-corrected chi connectivity index (χ3v) is 4.59. The molecule has 4 rings (SSSR count). The Bertz CT molecular complexity index is 1100. The molecule has 0 bridgehead atoms. The highest BCUT2D eigenvalue weighted by Crippen LogP contribution is 2.24. The number of furan rings is 1. The van der Waals surface area contributed by atoms with Crippen molar-refractivity contribution < 1.29 is 9.21 Å². The van der Waals surface area contributed by atoms with Crippen molar-refractivity contribution in [2.75, 3.05) is 6.54 Å². The lowest BCUT2D eigenvalue weighted by Crippen LogP contribution is -2.25. The Hall–Kier alpha value is -2.56. The van der Waals surface area contributed by atoms with Crippen molar-refractivity contribution in [3.05, 3.63) is 76.0 Å². The summed E-state index contributed by atoms with van der Waals surface area (Å²) in [5.41, 5.74) is 2.25. The van der Waals surface area contributed by atoms with Crippen LogP contribution in [0.4, 0.5) is 0 Å². The molecule has 4 nitrogen and oxygen atoms in total. The third-order valence-electron chi connectivity index (χ3n) is 4.10. The van der Waals surface area contributed by atoms with Crippen LogP contribution in [0.15, 0.2) is 59.0 Å². The SMILES string of the molecule is O=C(NCCc1ccc(Cl)cc1)c1cc2cc3ccc(Cl)cc3nc2o1. The first kappa shape index (κ1) is 16.9. The van der Waals surface area contributed by atoms with Crippen LogP contribution < -0.4 is 5.32 Å². The second kappa shape index (κ2) is 6.98. The first-order valence-corrected chi connectivity index (χ1v) is 8.86. The molecule has 0 aliphatic heterocycles. The number of aromatic nitrogens is 1. The summed E-state index contributed by atoms with van der Waals surface area (Å²) in [6.07, 6.45) is 0.712. The molecule has 0 aliphatic rings. The van der Waals surface area contributed by atoms with E-state index in [9.17, 15) is 4.79 Å². The average Bonchev–Trinajstić information content (AvgIpc) is 3.04. The fourth-order valence-corrected chi connectivity index (χ4v) is 3.06. The van der Waals surface area contributed by atoms with Gasteiger partial charge in [-0.1, -0.05) is 41.4 Å². The zero-order valence-electron chi connectivity index (χ0n) is 13.6. The molecule has 0 radical (unpaired) electrons. The van der Waals surface area contributed by atoms with E-state index >= 15 is 0 Å². The van der Waals surface area contributed by atoms with Crippen LogP contribution in [0.3, 0.4) is 0 Å². The Morgan fingerprint density at radius 1 is 0.962 bits per heavy atom. The predicted octanol–water partition coefficient (Wildman–Crippen LogP) is 5.26. The molecular weight excluding hydrogens is 371 g/mol. The lowest BCUT2D eigenvalue weighted by atomic mass is 10.1. The Morgan fingerprint density at radius 2 is 1.73 bits per heavy atom. The van der Waals surface area contributed by atoms with Gasteiger partial charge in [-0.3, -0.25) is 4.79 Å². The standard InChI is InChI=1S/C20H14Cl2N2O2/c21-15-4-1-12(2-5-15)7-8-23-19(25)18-10-14-9-13-3-6-16(22)11-17(13)24-20(14)26-18/h1-6,9-11H,7-8H2,(H,23,25). The molecule has 0 fully saturated rings. The molecule has 0 unspecified atom stereocenters. The van der Waals surface area contributed by atoms with Gasteiger partial charge in [0.1, 0.15) is 0 Å². The summed E-state index contributed by atoms with van der Waals surface area (Å²) in [6, 6.07) is 16.7. The number of nitrogens with one attached hydrogen (secondary N) is 1. The number of carbonyl (C=O) groups excluding carboxylic acids is 1. The predicted molar refractivity (Wildman–Crippen MR) is 104 cm³/mol. The number of pyridine rings is 1. The molecule has 0 atom stereocenters. The molecule has 1 amide bonds. The minimum atomic E-state index is -0.265. The molecular formula is C20H14Cl2N2O2. The van der Waals surface area contributed by atoms with Crippen LogP contribution in [0, 0.1) is 0 Å². The maximum Gasteiger partial charge on any atom is 0.287 e. The molecule has 0 aliphatic carbocycles. The number of benzene rings is 2. The summed E-state index contributed by atoms with van der Waals surface area (Å²) in [6.45, 7) is 0.503. The highest BCUT2D eigenvalue weighted by molar-refractivity contribution is 6.31. The van der Waals surface area contributed by atoms with Crippen LogP contribution >= 0.6 is 23.2 Å². The third kappa shape index (κ3) is 3.52. The number of nitrogens with zero attached hydrogens (tertiary/aromatic N) is 1. The van der Waals surface area contributed by atoms with Crippen molar-refractivity contribution in [1.82, 2.24) is 10.3 Å². The van der Waals surface area contributed by atoms with Gasteiger partial charge in [-0.05, 0) is 48.4 Å². The van der Waals surface area contributed by atoms with E-state index in [1.54, 1.807) is 12.1 Å². The number of hydrogen-bond acceptors (Lipinski definition) is 3. The second-order valence-corrected chi connectivity index (χ2v) is 6.84. The minimum Gasteiger partial charge on any atom is -0.433 e. The lowest BCUT2D eigenvalue weighted by Gasteiger charge is -2.03. The summed E-state index contributed by atoms with van der Waals surface area (Å²) in [7, 11) is 0. The van der Waals surface area contributed by atoms with Crippen LogP contribution in [-0.2, 0) is 6.42 Å². The fraction of sp³-hybridized carbons (Fsp3) is 0.100. The van der Waals surface area contributed by atoms with Crippen molar-refractivity contribution in [2.24, 2.45) is 0 Å². The summed E-state index contributed by atoms with van der Waals surface area (Å²) in [4.78, 5) is 16.8. The van der Waals surface area contributed by atoms with Gasteiger partial charge in [0.05, 0.1) is 5.52 Å². The highest BCUT2D eigenvalue weighted by Gasteiger charge is 2.13. The van der Waals surface area contributed by atoms with Crippen molar-refractivity contribution in [2.45, 2.75) is 6.42 Å². The monoisotopic (exact) mass is 384 g/mol. The lowest BCUT2D eigenvalue weighted by molar-refractivity contribution is 0.0928. The van der Waals surface area contributed by atoms with Crippen LogP contribution in [0.2, 0.25) is 10.0 Å². The first-order valence-electron chi connectivity index (χ1n) is 8.11. The zero-order valence-corrected chi connectivity index (χ0v) is 15.1. The van der Waals surface area contributed by atoms with Crippen LogP contribution in [0.1, 0.15) is 16.1 Å². The van der Waals surface area contributed by atoms with Crippen molar-refractivity contribution in [1.29, 1.82) is 0 Å². The molecule has 2 aromatic carbocycles. The summed E-state index contributed by atoms with van der Waals surface area (Å²) in [5.74, 6) is -0.0240. The Kier molecular flexibility index (Phi) is 4.53. The Labute approximate surface area is 159 Å². The number of fused-ring (bicyclic) bond motifs is 2. The number of rotatable bonds is 4. The van der Waals surface area contributed by atoms with E-state index in [1.165, 1.54) is 0 Å². The molecule has 130 valence electrons. The number of halogens is 2. The molecule has 1 N–H and O–H groups in total. The highest BCUT2D eigenvalue weighted by atomic mass is 35.5. The Morgan fingerprint density at radius 3 is 2.54 bits per heavy atom. The van der Waals surface area contributed by atoms with Crippen LogP contribution in [-0.4, -0.2) is 17.4 Å². The summed E-state index contributed by atoms with van der Waals surface area (Å²) in [5, 5.41) is 5.88. The number of carbonyl (C=O) groups is 1. The summed E-state index contributed by atoms with van der Waals surface area (Å²) >= 11 is 11.9. The largest absolute Gasteiger partial charge is 0.433 e. The van der Waals surface area contributed by atoms with Gasteiger partial charge in [0, 0.05) is 27.4 Å². The minimum absolute atomic E-state index is 0.241. The second-order valence-electron chi connectivity index (χ2n) is 5.96. The Balaban J connectivity index is 1.49. The van der Waals surface area contributed by atoms with Crippen molar-refractivity contribution in [3.8, 4) is 0 Å². The van der Waals surface area contributed by atoms with E-state index in [-0.39, 0.29) is 11.7 Å². The zero-order chi connectivity index (χ0) is 18.1. The maximum absolute atomic E-state index is 12.3. The van der Waals surface area contributed by atoms with E-state index in [0.717, 1.165) is 21.9 Å². The molecule has 2 aromatic heterocycles. The van der Waals surface area contributed by atoms with Gasteiger partial charge in [-0.25, -0.2) is 4.98 Å². The quantitative estimate of drug-likeness (QED) is 0.521. The molecule has 6 heteroatoms. The van der Waals surface area contributed by atoms with Gasteiger partial charge in [0.25, 0.3) is 5.91 Å².